The number of hydrogen-bond acceptors (Lipinski definition) is 5. The molecule has 1 aliphatic heterocycles. The van der Waals surface area contributed by atoms with Crippen molar-refractivity contribution in [2.75, 3.05) is 18.8 Å². The lowest BCUT2D eigenvalue weighted by Crippen LogP contribution is -2.38. The Labute approximate surface area is 177 Å². The predicted molar refractivity (Wildman–Crippen MR) is 120 cm³/mol. The third-order valence-electron chi connectivity index (χ3n) is 5.46. The Kier molecular flexibility index (Phi) is 5.01. The van der Waals surface area contributed by atoms with E-state index in [9.17, 15) is 4.79 Å². The fraction of sp³-hybridized carbons (Fsp3) is 0.318. The monoisotopic (exact) mass is 422 g/mol. The molecule has 1 amide bonds. The summed E-state index contributed by atoms with van der Waals surface area (Å²) in [6.07, 6.45) is 1.97. The highest BCUT2D eigenvalue weighted by Crippen LogP contribution is 2.34. The maximum atomic E-state index is 12.7. The van der Waals surface area contributed by atoms with Crippen LogP contribution in [-0.2, 0) is 4.79 Å². The highest BCUT2D eigenvalue weighted by Gasteiger charge is 2.26. The van der Waals surface area contributed by atoms with E-state index in [1.807, 2.05) is 17.0 Å². The van der Waals surface area contributed by atoms with Gasteiger partial charge in [-0.15, -0.1) is 11.3 Å². The molecule has 3 heterocycles. The standard InChI is InChI=1S/C22H22N4OS2/c1-14-6-7-16-18(12-14)25-22(24-16)28-13-20(27)26-10-8-15(9-11-26)21-23-17-4-2-3-5-19(17)29-21/h2-7,12,15H,8-11,13H2,1H3,(H,24,25). The average molecular weight is 423 g/mol. The van der Waals surface area contributed by atoms with Gasteiger partial charge < -0.3 is 9.88 Å². The number of piperidine rings is 1. The number of nitrogens with zero attached hydrogens (tertiary/aromatic N) is 3. The minimum absolute atomic E-state index is 0.189. The average Bonchev–Trinajstić information content (AvgIpc) is 3.35. The molecule has 0 spiro atoms. The number of aryl methyl sites for hydroxylation is 1. The fourth-order valence-corrected chi connectivity index (χ4v) is 5.75. The molecule has 0 aliphatic carbocycles. The molecule has 0 unspecified atom stereocenters. The number of thiazole rings is 1. The Bertz CT molecular complexity index is 1140. The molecular weight excluding hydrogens is 400 g/mol. The number of fused-ring (bicyclic) bond motifs is 2. The van der Waals surface area contributed by atoms with Crippen molar-refractivity contribution in [1.82, 2.24) is 19.9 Å². The van der Waals surface area contributed by atoms with Crippen LogP contribution in [0.1, 0.15) is 29.3 Å². The molecular formula is C22H22N4OS2. The van der Waals surface area contributed by atoms with Crippen molar-refractivity contribution in [3.63, 3.8) is 0 Å². The van der Waals surface area contributed by atoms with E-state index in [0.717, 1.165) is 47.6 Å². The molecule has 0 bridgehead atoms. The van der Waals surface area contributed by atoms with Crippen LogP contribution in [0.3, 0.4) is 0 Å². The molecule has 7 heteroatoms. The van der Waals surface area contributed by atoms with Gasteiger partial charge in [0.05, 0.1) is 32.0 Å². The fourth-order valence-electron chi connectivity index (χ4n) is 3.83. The predicted octanol–water partition coefficient (Wildman–Crippen LogP) is 4.98. The molecule has 1 saturated heterocycles. The van der Waals surface area contributed by atoms with Crippen LogP contribution >= 0.6 is 23.1 Å². The van der Waals surface area contributed by atoms with Crippen molar-refractivity contribution in [3.05, 3.63) is 53.0 Å². The number of amides is 1. The summed E-state index contributed by atoms with van der Waals surface area (Å²) in [5.74, 6) is 1.07. The summed E-state index contributed by atoms with van der Waals surface area (Å²) < 4.78 is 1.25. The van der Waals surface area contributed by atoms with Gasteiger partial charge in [0.15, 0.2) is 5.16 Å². The van der Waals surface area contributed by atoms with Crippen LogP contribution in [0, 0.1) is 6.92 Å². The normalized spacial score (nSPS) is 15.4. The lowest BCUT2D eigenvalue weighted by molar-refractivity contribution is -0.129. The first-order chi connectivity index (χ1) is 14.2. The second kappa shape index (κ2) is 7.80. The van der Waals surface area contributed by atoms with Gasteiger partial charge in [-0.25, -0.2) is 9.97 Å². The van der Waals surface area contributed by atoms with Gasteiger partial charge in [0.1, 0.15) is 0 Å². The van der Waals surface area contributed by atoms with Crippen molar-refractivity contribution < 1.29 is 4.79 Å². The largest absolute Gasteiger partial charge is 0.342 e. The second-order valence-electron chi connectivity index (χ2n) is 7.53. The maximum Gasteiger partial charge on any atom is 0.233 e. The van der Waals surface area contributed by atoms with Crippen LogP contribution in [0.25, 0.3) is 21.3 Å². The number of aromatic amines is 1. The SMILES string of the molecule is Cc1ccc2nc(SCC(=O)N3CCC(c4nc5ccccc5s4)CC3)[nH]c2c1. The van der Waals surface area contributed by atoms with E-state index in [1.165, 1.54) is 27.0 Å². The van der Waals surface area contributed by atoms with Crippen molar-refractivity contribution in [2.24, 2.45) is 0 Å². The Balaban J connectivity index is 1.17. The number of rotatable bonds is 4. The molecule has 5 nitrogen and oxygen atoms in total. The molecule has 148 valence electrons. The number of benzene rings is 2. The number of aromatic nitrogens is 3. The number of H-pyrrole nitrogens is 1. The van der Waals surface area contributed by atoms with Gasteiger partial charge in [0, 0.05) is 19.0 Å². The number of imidazole rings is 1. The lowest BCUT2D eigenvalue weighted by Gasteiger charge is -2.31. The molecule has 1 aliphatic rings. The van der Waals surface area contributed by atoms with E-state index in [-0.39, 0.29) is 5.91 Å². The number of para-hydroxylation sites is 1. The molecule has 1 N–H and O–H groups in total. The van der Waals surface area contributed by atoms with E-state index < -0.39 is 0 Å². The Hall–Kier alpha value is -2.38. The van der Waals surface area contributed by atoms with E-state index in [4.69, 9.17) is 4.98 Å². The molecule has 2 aromatic carbocycles. The minimum atomic E-state index is 0.189. The first-order valence-electron chi connectivity index (χ1n) is 9.88. The maximum absolute atomic E-state index is 12.7. The van der Waals surface area contributed by atoms with Gasteiger partial charge in [-0.3, -0.25) is 4.79 Å². The van der Waals surface area contributed by atoms with Crippen molar-refractivity contribution in [2.45, 2.75) is 30.8 Å². The third kappa shape index (κ3) is 3.89. The number of thioether (sulfide) groups is 1. The summed E-state index contributed by atoms with van der Waals surface area (Å²) in [4.78, 5) is 27.4. The molecule has 0 saturated carbocycles. The van der Waals surface area contributed by atoms with Gasteiger partial charge in [-0.1, -0.05) is 30.0 Å². The summed E-state index contributed by atoms with van der Waals surface area (Å²) in [5.41, 5.74) is 4.26. The molecule has 5 rings (SSSR count). The molecule has 1 fully saturated rings. The van der Waals surface area contributed by atoms with Crippen molar-refractivity contribution in [1.29, 1.82) is 0 Å². The zero-order chi connectivity index (χ0) is 19.8. The molecule has 0 atom stereocenters. The number of hydrogen-bond donors (Lipinski definition) is 1. The zero-order valence-electron chi connectivity index (χ0n) is 16.2. The lowest BCUT2D eigenvalue weighted by atomic mass is 9.97. The highest BCUT2D eigenvalue weighted by atomic mass is 32.2. The smallest absolute Gasteiger partial charge is 0.233 e. The number of carbonyl (C=O) groups is 1. The van der Waals surface area contributed by atoms with Gasteiger partial charge in [0.2, 0.25) is 5.91 Å². The van der Waals surface area contributed by atoms with Crippen LogP contribution in [0.2, 0.25) is 0 Å². The van der Waals surface area contributed by atoms with Gasteiger partial charge in [-0.2, -0.15) is 0 Å². The van der Waals surface area contributed by atoms with Gasteiger partial charge in [0.25, 0.3) is 0 Å². The summed E-state index contributed by atoms with van der Waals surface area (Å²) in [6, 6.07) is 14.5. The van der Waals surface area contributed by atoms with Gasteiger partial charge >= 0.3 is 0 Å². The third-order valence-corrected chi connectivity index (χ3v) is 7.51. The second-order valence-corrected chi connectivity index (χ2v) is 9.55. The van der Waals surface area contributed by atoms with Crippen LogP contribution in [-0.4, -0.2) is 44.6 Å². The topological polar surface area (TPSA) is 61.9 Å². The van der Waals surface area contributed by atoms with Crippen LogP contribution in [0.5, 0.6) is 0 Å². The molecule has 0 radical (unpaired) electrons. The first-order valence-corrected chi connectivity index (χ1v) is 11.7. The van der Waals surface area contributed by atoms with Gasteiger partial charge in [-0.05, 0) is 49.6 Å². The van der Waals surface area contributed by atoms with Crippen LogP contribution < -0.4 is 0 Å². The van der Waals surface area contributed by atoms with E-state index in [1.54, 1.807) is 11.3 Å². The number of carbonyl (C=O) groups excluding carboxylic acids is 1. The van der Waals surface area contributed by atoms with Crippen LogP contribution in [0.15, 0.2) is 47.6 Å². The summed E-state index contributed by atoms with van der Waals surface area (Å²) >= 11 is 3.28. The molecule has 29 heavy (non-hydrogen) atoms. The molecule has 2 aromatic heterocycles. The van der Waals surface area contributed by atoms with Crippen molar-refractivity contribution in [3.8, 4) is 0 Å². The first kappa shape index (κ1) is 18.6. The number of likely N-dealkylation sites (tertiary alicyclic amines) is 1. The Morgan fingerprint density at radius 2 is 2.00 bits per heavy atom. The number of nitrogens with one attached hydrogen (secondary N) is 1. The van der Waals surface area contributed by atoms with Crippen molar-refractivity contribution >= 4 is 50.3 Å². The van der Waals surface area contributed by atoms with Crippen LogP contribution in [0.4, 0.5) is 0 Å². The highest BCUT2D eigenvalue weighted by molar-refractivity contribution is 7.99. The zero-order valence-corrected chi connectivity index (χ0v) is 17.9. The molecule has 4 aromatic rings. The minimum Gasteiger partial charge on any atom is -0.342 e. The summed E-state index contributed by atoms with van der Waals surface area (Å²) in [7, 11) is 0. The van der Waals surface area contributed by atoms with E-state index in [2.05, 4.69) is 47.2 Å². The Morgan fingerprint density at radius 3 is 2.83 bits per heavy atom. The van der Waals surface area contributed by atoms with E-state index >= 15 is 0 Å². The summed E-state index contributed by atoms with van der Waals surface area (Å²) in [6.45, 7) is 3.67. The quantitative estimate of drug-likeness (QED) is 0.471. The van der Waals surface area contributed by atoms with E-state index in [0.29, 0.717) is 11.7 Å². The Morgan fingerprint density at radius 1 is 1.17 bits per heavy atom. The summed E-state index contributed by atoms with van der Waals surface area (Å²) in [5, 5.41) is 2.02.